The summed E-state index contributed by atoms with van der Waals surface area (Å²) in [5, 5.41) is 22.5. The molecule has 0 saturated carbocycles. The second kappa shape index (κ2) is 7.25. The number of fused-ring (bicyclic) bond motifs is 1. The van der Waals surface area contributed by atoms with Crippen LogP contribution in [0.3, 0.4) is 0 Å². The van der Waals surface area contributed by atoms with Gasteiger partial charge in [0.25, 0.3) is 11.6 Å². The summed E-state index contributed by atoms with van der Waals surface area (Å²) >= 11 is 3.36. The summed E-state index contributed by atoms with van der Waals surface area (Å²) in [7, 11) is 0. The number of nitriles is 1. The quantitative estimate of drug-likeness (QED) is 0.352. The molecule has 1 amide bonds. The topological polar surface area (TPSA) is 114 Å². The van der Waals surface area contributed by atoms with Gasteiger partial charge in [-0.3, -0.25) is 14.9 Å². The lowest BCUT2D eigenvalue weighted by Crippen LogP contribution is -2.13. The van der Waals surface area contributed by atoms with Gasteiger partial charge in [0.15, 0.2) is 11.5 Å². The molecule has 0 aromatic heterocycles. The number of nitrogens with zero attached hydrogens (tertiary/aromatic N) is 2. The van der Waals surface area contributed by atoms with Gasteiger partial charge in [0.05, 0.1) is 4.92 Å². The van der Waals surface area contributed by atoms with Crippen LogP contribution in [0, 0.1) is 21.4 Å². The van der Waals surface area contributed by atoms with E-state index in [-0.39, 0.29) is 18.1 Å². The highest BCUT2D eigenvalue weighted by molar-refractivity contribution is 9.10. The molecule has 0 unspecified atom stereocenters. The van der Waals surface area contributed by atoms with E-state index in [1.54, 1.807) is 12.1 Å². The number of hydrogen-bond donors (Lipinski definition) is 1. The molecule has 8 nitrogen and oxygen atoms in total. The maximum atomic E-state index is 12.3. The number of carbonyl (C=O) groups excluding carboxylic acids is 1. The molecule has 1 N–H and O–H groups in total. The molecule has 0 radical (unpaired) electrons. The summed E-state index contributed by atoms with van der Waals surface area (Å²) in [5.74, 6) is 0.460. The van der Waals surface area contributed by atoms with Crippen molar-refractivity contribution in [1.29, 1.82) is 5.26 Å². The van der Waals surface area contributed by atoms with Crippen molar-refractivity contribution in [3.05, 3.63) is 62.1 Å². The Morgan fingerprint density at radius 1 is 1.27 bits per heavy atom. The smallest absolute Gasteiger partial charge is 0.269 e. The number of anilines is 1. The van der Waals surface area contributed by atoms with E-state index in [1.807, 2.05) is 6.07 Å². The van der Waals surface area contributed by atoms with Crippen LogP contribution in [0.25, 0.3) is 6.08 Å². The third-order valence-electron chi connectivity index (χ3n) is 3.49. The van der Waals surface area contributed by atoms with Gasteiger partial charge in [-0.05, 0) is 35.9 Å². The van der Waals surface area contributed by atoms with Crippen molar-refractivity contribution in [2.45, 2.75) is 0 Å². The summed E-state index contributed by atoms with van der Waals surface area (Å²) < 4.78 is 11.2. The minimum absolute atomic E-state index is 0.0941. The average molecular weight is 416 g/mol. The number of ether oxygens (including phenoxy) is 2. The van der Waals surface area contributed by atoms with Crippen molar-refractivity contribution in [2.24, 2.45) is 0 Å². The molecule has 130 valence electrons. The van der Waals surface area contributed by atoms with E-state index in [4.69, 9.17) is 9.47 Å². The molecule has 0 bridgehead atoms. The fourth-order valence-corrected chi connectivity index (χ4v) is 2.65. The van der Waals surface area contributed by atoms with E-state index < -0.39 is 10.8 Å². The first-order chi connectivity index (χ1) is 12.5. The second-order valence-corrected chi connectivity index (χ2v) is 6.01. The summed E-state index contributed by atoms with van der Waals surface area (Å²) in [4.78, 5) is 22.4. The van der Waals surface area contributed by atoms with E-state index in [2.05, 4.69) is 21.2 Å². The van der Waals surface area contributed by atoms with Crippen LogP contribution in [0.1, 0.15) is 5.56 Å². The fourth-order valence-electron chi connectivity index (χ4n) is 2.21. The van der Waals surface area contributed by atoms with E-state index in [0.717, 1.165) is 0 Å². The molecule has 9 heteroatoms. The molecular formula is C17H10BrN3O5. The van der Waals surface area contributed by atoms with Crippen LogP contribution in [0.5, 0.6) is 11.5 Å². The number of nitrogens with one attached hydrogen (secondary N) is 1. The lowest BCUT2D eigenvalue weighted by Gasteiger charge is -2.05. The minimum Gasteiger partial charge on any atom is -0.454 e. The van der Waals surface area contributed by atoms with Crippen LogP contribution in [-0.4, -0.2) is 17.6 Å². The number of amides is 1. The highest BCUT2D eigenvalue weighted by Gasteiger charge is 2.17. The van der Waals surface area contributed by atoms with Crippen LogP contribution >= 0.6 is 15.9 Å². The highest BCUT2D eigenvalue weighted by Crippen LogP contribution is 2.37. The molecule has 0 atom stereocenters. The van der Waals surface area contributed by atoms with Crippen molar-refractivity contribution in [2.75, 3.05) is 12.1 Å². The van der Waals surface area contributed by atoms with Gasteiger partial charge < -0.3 is 14.8 Å². The summed E-state index contributed by atoms with van der Waals surface area (Å²) in [6.07, 6.45) is 1.41. The molecule has 0 aliphatic carbocycles. The zero-order chi connectivity index (χ0) is 18.7. The number of carbonyl (C=O) groups is 1. The normalized spacial score (nSPS) is 12.4. The Bertz CT molecular complexity index is 964. The third-order valence-corrected chi connectivity index (χ3v) is 4.18. The predicted octanol–water partition coefficient (Wildman–Crippen LogP) is 3.63. The number of hydrogen-bond acceptors (Lipinski definition) is 6. The van der Waals surface area contributed by atoms with E-state index in [1.165, 1.54) is 30.3 Å². The van der Waals surface area contributed by atoms with Gasteiger partial charge >= 0.3 is 0 Å². The Morgan fingerprint density at radius 2 is 1.92 bits per heavy atom. The van der Waals surface area contributed by atoms with Gasteiger partial charge in [-0.15, -0.1) is 0 Å². The molecule has 26 heavy (non-hydrogen) atoms. The van der Waals surface area contributed by atoms with Gasteiger partial charge in [0.2, 0.25) is 6.79 Å². The Labute approximate surface area is 155 Å². The predicted molar refractivity (Wildman–Crippen MR) is 95.6 cm³/mol. The lowest BCUT2D eigenvalue weighted by atomic mass is 10.1. The zero-order valence-corrected chi connectivity index (χ0v) is 14.6. The molecule has 0 fully saturated rings. The number of halogens is 1. The van der Waals surface area contributed by atoms with E-state index in [9.17, 15) is 20.2 Å². The molecule has 1 aliphatic rings. The van der Waals surface area contributed by atoms with Crippen molar-refractivity contribution in [3.63, 3.8) is 0 Å². The average Bonchev–Trinajstić information content (AvgIpc) is 3.06. The molecule has 1 aliphatic heterocycles. The number of non-ortho nitro benzene ring substituents is 1. The summed E-state index contributed by atoms with van der Waals surface area (Å²) in [5.41, 5.74) is 0.683. The molecule has 0 saturated heterocycles. The Hall–Kier alpha value is -3.38. The largest absolute Gasteiger partial charge is 0.454 e. The summed E-state index contributed by atoms with van der Waals surface area (Å²) in [6, 6.07) is 10.5. The first kappa shape index (κ1) is 17.4. The monoisotopic (exact) mass is 415 g/mol. The number of nitro benzene ring substituents is 1. The van der Waals surface area contributed by atoms with Gasteiger partial charge in [0.1, 0.15) is 11.6 Å². The SMILES string of the molecule is N#CC(=Cc1cc2c(cc1Br)OCO2)C(=O)Nc1ccc([N+](=O)[O-])cc1. The van der Waals surface area contributed by atoms with Crippen LogP contribution in [0.2, 0.25) is 0 Å². The van der Waals surface area contributed by atoms with Crippen LogP contribution in [-0.2, 0) is 4.79 Å². The maximum Gasteiger partial charge on any atom is 0.269 e. The van der Waals surface area contributed by atoms with Gasteiger partial charge in [0, 0.05) is 22.3 Å². The lowest BCUT2D eigenvalue weighted by molar-refractivity contribution is -0.384. The zero-order valence-electron chi connectivity index (χ0n) is 13.1. The van der Waals surface area contributed by atoms with Crippen molar-refractivity contribution < 1.29 is 19.2 Å². The third kappa shape index (κ3) is 3.65. The van der Waals surface area contributed by atoms with E-state index >= 15 is 0 Å². The van der Waals surface area contributed by atoms with Gasteiger partial charge in [-0.1, -0.05) is 15.9 Å². The van der Waals surface area contributed by atoms with Crippen LogP contribution < -0.4 is 14.8 Å². The van der Waals surface area contributed by atoms with Crippen LogP contribution in [0.15, 0.2) is 46.4 Å². The van der Waals surface area contributed by atoms with Gasteiger partial charge in [-0.25, -0.2) is 0 Å². The van der Waals surface area contributed by atoms with Crippen molar-refractivity contribution in [1.82, 2.24) is 0 Å². The number of nitro groups is 1. The second-order valence-electron chi connectivity index (χ2n) is 5.15. The maximum absolute atomic E-state index is 12.3. The molecule has 1 heterocycles. The minimum atomic E-state index is -0.633. The fraction of sp³-hybridized carbons (Fsp3) is 0.0588. The highest BCUT2D eigenvalue weighted by atomic mass is 79.9. The Balaban J connectivity index is 1.82. The summed E-state index contributed by atoms with van der Waals surface area (Å²) in [6.45, 7) is 0.112. The van der Waals surface area contributed by atoms with Crippen LogP contribution in [0.4, 0.5) is 11.4 Å². The van der Waals surface area contributed by atoms with E-state index in [0.29, 0.717) is 27.2 Å². The molecule has 2 aromatic rings. The molecule has 0 spiro atoms. The van der Waals surface area contributed by atoms with Gasteiger partial charge in [-0.2, -0.15) is 5.26 Å². The number of benzene rings is 2. The first-order valence-corrected chi connectivity index (χ1v) is 8.04. The standard InChI is InChI=1S/C17H10BrN3O5/c18-14-7-16-15(25-9-26-16)6-10(14)5-11(8-19)17(22)20-12-1-3-13(4-2-12)21(23)24/h1-7H,9H2,(H,20,22). The molecule has 3 rings (SSSR count). The number of rotatable bonds is 4. The first-order valence-electron chi connectivity index (χ1n) is 7.24. The molecular weight excluding hydrogens is 406 g/mol. The van der Waals surface area contributed by atoms with Crippen molar-refractivity contribution in [3.8, 4) is 17.6 Å². The van der Waals surface area contributed by atoms with Crippen molar-refractivity contribution >= 4 is 39.3 Å². The Kier molecular flexibility index (Phi) is 4.86. The Morgan fingerprint density at radius 3 is 2.54 bits per heavy atom. The molecule has 2 aromatic carbocycles.